The van der Waals surface area contributed by atoms with Crippen LogP contribution < -0.4 is 10.6 Å². The summed E-state index contributed by atoms with van der Waals surface area (Å²) in [7, 11) is 0. The fraction of sp³-hybridized carbons (Fsp3) is 0.941. The number of halogens is 2. The van der Waals surface area contributed by atoms with Gasteiger partial charge < -0.3 is 30.7 Å². The van der Waals surface area contributed by atoms with Gasteiger partial charge in [-0.2, -0.15) is 0 Å². The van der Waals surface area contributed by atoms with Crippen molar-refractivity contribution in [2.24, 2.45) is 11.8 Å². The highest BCUT2D eigenvalue weighted by atomic mass is 32.2. The Morgan fingerprint density at radius 1 is 1.26 bits per heavy atom. The molecule has 0 aromatic heterocycles. The molecule has 158 valence electrons. The van der Waals surface area contributed by atoms with Gasteiger partial charge in [0.05, 0.1) is 12.1 Å². The number of thioether (sulfide) groups is 1. The summed E-state index contributed by atoms with van der Waals surface area (Å²) in [6.07, 6.45) is -5.54. The third kappa shape index (κ3) is 5.30. The summed E-state index contributed by atoms with van der Waals surface area (Å²) in [5, 5.41) is 36.3. The first-order chi connectivity index (χ1) is 12.7. The second kappa shape index (κ2) is 9.80. The lowest BCUT2D eigenvalue weighted by atomic mass is 9.85. The van der Waals surface area contributed by atoms with Crippen molar-refractivity contribution in [3.63, 3.8) is 0 Å². The van der Waals surface area contributed by atoms with Crippen LogP contribution in [0.25, 0.3) is 0 Å². The number of carbonyl (C=O) groups is 1. The molecule has 0 aromatic rings. The maximum Gasteiger partial charge on any atom is 0.238 e. The SMILES string of the molecule is CS[C@H]1O[C@H]([C@H](NC(=O)[C@H]2NC[C@@H]2CCC(F)F)C(C)C)[C@H](O)[C@H](O)[C@H]1O. The molecule has 0 bridgehead atoms. The van der Waals surface area contributed by atoms with Crippen molar-refractivity contribution in [1.82, 2.24) is 10.6 Å². The van der Waals surface area contributed by atoms with E-state index in [0.717, 1.165) is 0 Å². The van der Waals surface area contributed by atoms with Gasteiger partial charge in [0.15, 0.2) is 0 Å². The fourth-order valence-electron chi connectivity index (χ4n) is 3.57. The highest BCUT2D eigenvalue weighted by Crippen LogP contribution is 2.31. The number of amides is 1. The second-order valence-corrected chi connectivity index (χ2v) is 8.51. The van der Waals surface area contributed by atoms with Crippen molar-refractivity contribution >= 4 is 17.7 Å². The van der Waals surface area contributed by atoms with Crippen molar-refractivity contribution in [2.75, 3.05) is 12.8 Å². The first kappa shape index (κ1) is 22.8. The maximum atomic E-state index is 12.6. The van der Waals surface area contributed by atoms with Gasteiger partial charge in [0.2, 0.25) is 12.3 Å². The molecular weight excluding hydrogens is 382 g/mol. The zero-order valence-electron chi connectivity index (χ0n) is 15.7. The van der Waals surface area contributed by atoms with Crippen LogP contribution in [0, 0.1) is 11.8 Å². The first-order valence-electron chi connectivity index (χ1n) is 9.21. The average Bonchev–Trinajstić information content (AvgIpc) is 2.57. The van der Waals surface area contributed by atoms with Crippen LogP contribution in [0.5, 0.6) is 0 Å². The van der Waals surface area contributed by atoms with Crippen LogP contribution in [0.2, 0.25) is 0 Å². The number of nitrogens with one attached hydrogen (secondary N) is 2. The number of aliphatic hydroxyl groups excluding tert-OH is 3. The van der Waals surface area contributed by atoms with Gasteiger partial charge in [0.1, 0.15) is 29.9 Å². The molecule has 2 aliphatic rings. The molecule has 1 amide bonds. The van der Waals surface area contributed by atoms with Crippen molar-refractivity contribution < 1.29 is 33.6 Å². The quantitative estimate of drug-likeness (QED) is 0.380. The summed E-state index contributed by atoms with van der Waals surface area (Å²) in [5.41, 5.74) is -0.729. The van der Waals surface area contributed by atoms with E-state index in [-0.39, 0.29) is 30.6 Å². The highest BCUT2D eigenvalue weighted by Gasteiger charge is 2.48. The van der Waals surface area contributed by atoms with Crippen LogP contribution in [0.4, 0.5) is 8.78 Å². The van der Waals surface area contributed by atoms with Gasteiger partial charge in [0.25, 0.3) is 0 Å². The van der Waals surface area contributed by atoms with Gasteiger partial charge in [-0.1, -0.05) is 13.8 Å². The Labute approximate surface area is 162 Å². The topological polar surface area (TPSA) is 111 Å². The summed E-state index contributed by atoms with van der Waals surface area (Å²) < 4.78 is 30.6. The third-order valence-electron chi connectivity index (χ3n) is 5.33. The van der Waals surface area contributed by atoms with Crippen molar-refractivity contribution in [1.29, 1.82) is 0 Å². The van der Waals surface area contributed by atoms with Crippen molar-refractivity contribution in [3.05, 3.63) is 0 Å². The van der Waals surface area contributed by atoms with Crippen molar-refractivity contribution in [3.8, 4) is 0 Å². The van der Waals surface area contributed by atoms with E-state index < -0.39 is 48.4 Å². The molecule has 0 aliphatic carbocycles. The Morgan fingerprint density at radius 3 is 2.41 bits per heavy atom. The summed E-state index contributed by atoms with van der Waals surface area (Å²) in [6.45, 7) is 4.20. The first-order valence-corrected chi connectivity index (χ1v) is 10.5. The molecule has 2 saturated heterocycles. The molecule has 0 radical (unpaired) electrons. The van der Waals surface area contributed by atoms with E-state index in [4.69, 9.17) is 4.74 Å². The Kier molecular flexibility index (Phi) is 8.26. The fourth-order valence-corrected chi connectivity index (χ4v) is 4.24. The number of rotatable bonds is 8. The molecule has 8 atom stereocenters. The molecule has 5 N–H and O–H groups in total. The standard InChI is InChI=1S/C17H30F2N2O5S/c1-7(2)10(15-13(23)12(22)14(24)17(26-15)27-3)21-16(25)11-8(6-20-11)4-5-9(18)19/h7-15,17,20,22-24H,4-6H2,1-3H3,(H,21,25)/t8-,10+,11-,12-,13+,14+,15+,17+/m0/s1. The van der Waals surface area contributed by atoms with Crippen LogP contribution >= 0.6 is 11.8 Å². The number of hydrogen-bond donors (Lipinski definition) is 5. The number of aliphatic hydroxyl groups is 3. The average molecular weight is 412 g/mol. The minimum Gasteiger partial charge on any atom is -0.388 e. The number of carbonyl (C=O) groups excluding carboxylic acids is 1. The lowest BCUT2D eigenvalue weighted by Gasteiger charge is -2.45. The van der Waals surface area contributed by atoms with E-state index in [9.17, 15) is 28.9 Å². The van der Waals surface area contributed by atoms with Gasteiger partial charge in [-0.15, -0.1) is 11.8 Å². The summed E-state index contributed by atoms with van der Waals surface area (Å²) in [5.74, 6) is -0.621. The second-order valence-electron chi connectivity index (χ2n) is 7.57. The molecule has 0 aromatic carbocycles. The van der Waals surface area contributed by atoms with Crippen molar-refractivity contribution in [2.45, 2.75) is 75.1 Å². The normalized spacial score (nSPS) is 37.9. The number of ether oxygens (including phenoxy) is 1. The van der Waals surface area contributed by atoms with Gasteiger partial charge >= 0.3 is 0 Å². The molecule has 0 spiro atoms. The molecule has 27 heavy (non-hydrogen) atoms. The highest BCUT2D eigenvalue weighted by molar-refractivity contribution is 7.99. The van der Waals surface area contributed by atoms with Crippen LogP contribution in [-0.2, 0) is 9.53 Å². The van der Waals surface area contributed by atoms with E-state index >= 15 is 0 Å². The molecular formula is C17H30F2N2O5S. The van der Waals surface area contributed by atoms with E-state index in [1.54, 1.807) is 6.26 Å². The third-order valence-corrected chi connectivity index (χ3v) is 6.18. The summed E-state index contributed by atoms with van der Waals surface area (Å²) in [6, 6.07) is -1.17. The summed E-state index contributed by atoms with van der Waals surface area (Å²) in [4.78, 5) is 12.6. The van der Waals surface area contributed by atoms with Crippen LogP contribution in [-0.4, -0.2) is 82.4 Å². The van der Waals surface area contributed by atoms with E-state index in [1.807, 2.05) is 13.8 Å². The smallest absolute Gasteiger partial charge is 0.238 e. The number of alkyl halides is 2. The van der Waals surface area contributed by atoms with Crippen LogP contribution in [0.1, 0.15) is 26.7 Å². The van der Waals surface area contributed by atoms with Gasteiger partial charge in [0, 0.05) is 13.0 Å². The van der Waals surface area contributed by atoms with Gasteiger partial charge in [-0.25, -0.2) is 8.78 Å². The monoisotopic (exact) mass is 412 g/mol. The lowest BCUT2D eigenvalue weighted by molar-refractivity contribution is -0.208. The Bertz CT molecular complexity index is 500. The zero-order chi connectivity index (χ0) is 20.3. The molecule has 2 heterocycles. The molecule has 2 rings (SSSR count). The van der Waals surface area contributed by atoms with E-state index in [0.29, 0.717) is 6.54 Å². The molecule has 10 heteroatoms. The zero-order valence-corrected chi connectivity index (χ0v) is 16.5. The largest absolute Gasteiger partial charge is 0.388 e. The van der Waals surface area contributed by atoms with Crippen LogP contribution in [0.15, 0.2) is 0 Å². The van der Waals surface area contributed by atoms with Crippen LogP contribution in [0.3, 0.4) is 0 Å². The predicted octanol–water partition coefficient (Wildman–Crippen LogP) is -0.0689. The molecule has 0 unspecified atom stereocenters. The maximum absolute atomic E-state index is 12.6. The lowest BCUT2D eigenvalue weighted by Crippen LogP contribution is -2.67. The minimum absolute atomic E-state index is 0.127. The predicted molar refractivity (Wildman–Crippen MR) is 97.5 cm³/mol. The number of hydrogen-bond acceptors (Lipinski definition) is 7. The molecule has 0 saturated carbocycles. The molecule has 2 aliphatic heterocycles. The van der Waals surface area contributed by atoms with Gasteiger partial charge in [-0.05, 0) is 24.5 Å². The van der Waals surface area contributed by atoms with Gasteiger partial charge in [-0.3, -0.25) is 4.79 Å². The van der Waals surface area contributed by atoms with E-state index in [2.05, 4.69) is 10.6 Å². The summed E-state index contributed by atoms with van der Waals surface area (Å²) >= 11 is 1.20. The van der Waals surface area contributed by atoms with E-state index in [1.165, 1.54) is 11.8 Å². The molecule has 7 nitrogen and oxygen atoms in total. The Hall–Kier alpha value is -0.520. The Balaban J connectivity index is 2.03. The minimum atomic E-state index is -2.39. The Morgan fingerprint density at radius 2 is 1.93 bits per heavy atom. The molecule has 2 fully saturated rings.